The molecule has 1 aromatic heterocycles. The van der Waals surface area contributed by atoms with Gasteiger partial charge in [0, 0.05) is 19.3 Å². The van der Waals surface area contributed by atoms with Gasteiger partial charge in [0.2, 0.25) is 5.91 Å². The van der Waals surface area contributed by atoms with Gasteiger partial charge in [0.05, 0.1) is 30.0 Å². The van der Waals surface area contributed by atoms with Crippen molar-refractivity contribution in [3.63, 3.8) is 0 Å². The summed E-state index contributed by atoms with van der Waals surface area (Å²) in [7, 11) is 0. The minimum atomic E-state index is -0.352. The summed E-state index contributed by atoms with van der Waals surface area (Å²) in [5, 5.41) is 3.67. The van der Waals surface area contributed by atoms with Crippen molar-refractivity contribution in [3.05, 3.63) is 66.1 Å². The van der Waals surface area contributed by atoms with Crippen LogP contribution in [0.2, 0.25) is 0 Å². The third-order valence-corrected chi connectivity index (χ3v) is 4.78. The average Bonchev–Trinajstić information content (AvgIpc) is 3.10. The molecule has 6 nitrogen and oxygen atoms in total. The molecule has 0 saturated carbocycles. The van der Waals surface area contributed by atoms with E-state index in [-0.39, 0.29) is 24.2 Å². The Morgan fingerprint density at radius 1 is 1.07 bits per heavy atom. The van der Waals surface area contributed by atoms with Crippen LogP contribution in [0.1, 0.15) is 10.4 Å². The van der Waals surface area contributed by atoms with Crippen LogP contribution in [0.15, 0.2) is 54.7 Å². The molecule has 0 unspecified atom stereocenters. The Balaban J connectivity index is 1.51. The van der Waals surface area contributed by atoms with Gasteiger partial charge in [0.1, 0.15) is 12.4 Å². The standard InChI is InChI=1S/C21H20FN3O3/c22-16-6-5-15-7-8-25(19(15)13-16)14-20(26)23-18-4-2-1-3-17(18)21(27)24-9-11-28-12-10-24/h1-8,13H,9-12,14H2,(H,23,26). The molecule has 2 aromatic carbocycles. The van der Waals surface area contributed by atoms with Crippen LogP contribution in [0, 0.1) is 5.82 Å². The summed E-state index contributed by atoms with van der Waals surface area (Å²) < 4.78 is 20.5. The van der Waals surface area contributed by atoms with E-state index >= 15 is 0 Å². The highest BCUT2D eigenvalue weighted by Gasteiger charge is 2.21. The first kappa shape index (κ1) is 18.2. The average molecular weight is 381 g/mol. The number of hydrogen-bond acceptors (Lipinski definition) is 3. The van der Waals surface area contributed by atoms with E-state index < -0.39 is 0 Å². The number of ether oxygens (including phenoxy) is 1. The fourth-order valence-corrected chi connectivity index (χ4v) is 3.35. The van der Waals surface area contributed by atoms with Gasteiger partial charge < -0.3 is 19.5 Å². The number of halogens is 1. The number of anilines is 1. The molecular weight excluding hydrogens is 361 g/mol. The molecule has 0 aliphatic carbocycles. The molecule has 4 rings (SSSR count). The fraction of sp³-hybridized carbons (Fsp3) is 0.238. The summed E-state index contributed by atoms with van der Waals surface area (Å²) in [5.41, 5.74) is 1.56. The zero-order valence-corrected chi connectivity index (χ0v) is 15.2. The number of aromatic nitrogens is 1. The maximum absolute atomic E-state index is 13.5. The second-order valence-corrected chi connectivity index (χ2v) is 6.65. The molecule has 7 heteroatoms. The highest BCUT2D eigenvalue weighted by atomic mass is 19.1. The lowest BCUT2D eigenvalue weighted by Gasteiger charge is -2.27. The number of amides is 2. The number of hydrogen-bond donors (Lipinski definition) is 1. The smallest absolute Gasteiger partial charge is 0.256 e. The second-order valence-electron chi connectivity index (χ2n) is 6.65. The van der Waals surface area contributed by atoms with Crippen LogP contribution in [0.5, 0.6) is 0 Å². The Labute approximate surface area is 161 Å². The monoisotopic (exact) mass is 381 g/mol. The predicted octanol–water partition coefficient (Wildman–Crippen LogP) is 2.89. The summed E-state index contributed by atoms with van der Waals surface area (Å²) in [6.07, 6.45) is 1.74. The van der Waals surface area contributed by atoms with Crippen molar-refractivity contribution < 1.29 is 18.7 Å². The molecule has 1 aliphatic heterocycles. The maximum Gasteiger partial charge on any atom is 0.256 e. The van der Waals surface area contributed by atoms with Crippen molar-refractivity contribution in [2.45, 2.75) is 6.54 Å². The van der Waals surface area contributed by atoms with Crippen LogP contribution in [0.25, 0.3) is 10.9 Å². The molecule has 1 N–H and O–H groups in total. The third kappa shape index (κ3) is 3.75. The molecular formula is C21H20FN3O3. The van der Waals surface area contributed by atoms with Gasteiger partial charge >= 0.3 is 0 Å². The Morgan fingerprint density at radius 2 is 1.86 bits per heavy atom. The minimum Gasteiger partial charge on any atom is -0.378 e. The lowest BCUT2D eigenvalue weighted by Crippen LogP contribution is -2.41. The van der Waals surface area contributed by atoms with Crippen LogP contribution in [0.4, 0.5) is 10.1 Å². The number of morpholine rings is 1. The topological polar surface area (TPSA) is 63.6 Å². The number of carbonyl (C=O) groups excluding carboxylic acids is 2. The normalized spacial score (nSPS) is 14.2. The largest absolute Gasteiger partial charge is 0.378 e. The van der Waals surface area contributed by atoms with E-state index in [0.717, 1.165) is 5.39 Å². The van der Waals surface area contributed by atoms with Gasteiger partial charge in [-0.05, 0) is 41.8 Å². The van der Waals surface area contributed by atoms with Crippen molar-refractivity contribution in [2.75, 3.05) is 31.6 Å². The minimum absolute atomic E-state index is 0.0209. The summed E-state index contributed by atoms with van der Waals surface area (Å²) in [6.45, 7) is 2.10. The Kier molecular flexibility index (Phi) is 5.08. The van der Waals surface area contributed by atoms with Gasteiger partial charge in [-0.25, -0.2) is 4.39 Å². The van der Waals surface area contributed by atoms with Crippen LogP contribution in [-0.4, -0.2) is 47.6 Å². The first-order chi connectivity index (χ1) is 13.6. The van der Waals surface area contributed by atoms with Crippen LogP contribution in [0.3, 0.4) is 0 Å². The summed E-state index contributed by atoms with van der Waals surface area (Å²) in [6, 6.07) is 13.2. The first-order valence-corrected chi connectivity index (χ1v) is 9.12. The zero-order valence-electron chi connectivity index (χ0n) is 15.2. The lowest BCUT2D eigenvalue weighted by atomic mass is 10.1. The molecule has 144 valence electrons. The SMILES string of the molecule is O=C(Cn1ccc2ccc(F)cc21)Nc1ccccc1C(=O)N1CCOCC1. The molecule has 3 aromatic rings. The first-order valence-electron chi connectivity index (χ1n) is 9.12. The Morgan fingerprint density at radius 3 is 2.68 bits per heavy atom. The van der Waals surface area contributed by atoms with Gasteiger partial charge in [-0.15, -0.1) is 0 Å². The molecule has 28 heavy (non-hydrogen) atoms. The zero-order chi connectivity index (χ0) is 19.5. The summed E-state index contributed by atoms with van der Waals surface area (Å²) in [5.74, 6) is -0.772. The molecule has 1 saturated heterocycles. The molecule has 1 fully saturated rings. The molecule has 1 aliphatic rings. The van der Waals surface area contributed by atoms with Gasteiger partial charge in [-0.1, -0.05) is 12.1 Å². The number of rotatable bonds is 4. The van der Waals surface area contributed by atoms with Crippen molar-refractivity contribution in [1.29, 1.82) is 0 Å². The number of nitrogens with one attached hydrogen (secondary N) is 1. The van der Waals surface area contributed by atoms with Gasteiger partial charge in [-0.2, -0.15) is 0 Å². The van der Waals surface area contributed by atoms with Crippen molar-refractivity contribution in [1.82, 2.24) is 9.47 Å². The van der Waals surface area contributed by atoms with Crippen LogP contribution in [-0.2, 0) is 16.1 Å². The highest BCUT2D eigenvalue weighted by Crippen LogP contribution is 2.20. The van der Waals surface area contributed by atoms with Crippen LogP contribution < -0.4 is 5.32 Å². The molecule has 0 spiro atoms. The lowest BCUT2D eigenvalue weighted by molar-refractivity contribution is -0.116. The maximum atomic E-state index is 13.5. The molecule has 0 bridgehead atoms. The van der Waals surface area contributed by atoms with Crippen LogP contribution >= 0.6 is 0 Å². The third-order valence-electron chi connectivity index (χ3n) is 4.78. The summed E-state index contributed by atoms with van der Waals surface area (Å²) in [4.78, 5) is 27.1. The number of benzene rings is 2. The van der Waals surface area contributed by atoms with Crippen molar-refractivity contribution in [3.8, 4) is 0 Å². The van der Waals surface area contributed by atoms with Gasteiger partial charge in [0.25, 0.3) is 5.91 Å². The number of para-hydroxylation sites is 1. The second kappa shape index (κ2) is 7.82. The van der Waals surface area contributed by atoms with E-state index in [1.54, 1.807) is 46.0 Å². The quantitative estimate of drug-likeness (QED) is 0.756. The predicted molar refractivity (Wildman–Crippen MR) is 104 cm³/mol. The van der Waals surface area contributed by atoms with E-state index in [0.29, 0.717) is 43.1 Å². The molecule has 2 amide bonds. The Bertz CT molecular complexity index is 1020. The van der Waals surface area contributed by atoms with Crippen molar-refractivity contribution in [2.24, 2.45) is 0 Å². The number of carbonyl (C=O) groups is 2. The summed E-state index contributed by atoms with van der Waals surface area (Å²) >= 11 is 0. The van der Waals surface area contributed by atoms with E-state index in [4.69, 9.17) is 4.74 Å². The Hall–Kier alpha value is -3.19. The fourth-order valence-electron chi connectivity index (χ4n) is 3.35. The molecule has 0 radical (unpaired) electrons. The van der Waals surface area contributed by atoms with Gasteiger partial charge in [0.15, 0.2) is 0 Å². The molecule has 2 heterocycles. The highest BCUT2D eigenvalue weighted by molar-refractivity contribution is 6.04. The molecule has 0 atom stereocenters. The number of fused-ring (bicyclic) bond motifs is 1. The van der Waals surface area contributed by atoms with E-state index in [9.17, 15) is 14.0 Å². The van der Waals surface area contributed by atoms with E-state index in [1.807, 2.05) is 6.07 Å². The van der Waals surface area contributed by atoms with Gasteiger partial charge in [-0.3, -0.25) is 9.59 Å². The number of nitrogens with zero attached hydrogens (tertiary/aromatic N) is 2. The van der Waals surface area contributed by atoms with Crippen molar-refractivity contribution >= 4 is 28.4 Å². The van der Waals surface area contributed by atoms with E-state index in [2.05, 4.69) is 5.32 Å². The van der Waals surface area contributed by atoms with E-state index in [1.165, 1.54) is 12.1 Å².